The van der Waals surface area contributed by atoms with Crippen molar-refractivity contribution >= 4 is 5.91 Å². The Morgan fingerprint density at radius 3 is 2.71 bits per heavy atom. The number of nitrogens with one attached hydrogen (secondary N) is 1. The number of hydrogen-bond acceptors (Lipinski definition) is 2. The van der Waals surface area contributed by atoms with Gasteiger partial charge >= 0.3 is 0 Å². The molecule has 1 fully saturated rings. The van der Waals surface area contributed by atoms with Crippen LogP contribution in [0.2, 0.25) is 0 Å². The van der Waals surface area contributed by atoms with Gasteiger partial charge in [0.05, 0.1) is 5.54 Å². The maximum Gasteiger partial charge on any atom is 0.240 e. The molecule has 0 bridgehead atoms. The fraction of sp³-hybridized carbons (Fsp3) is 0.500. The van der Waals surface area contributed by atoms with E-state index >= 15 is 0 Å². The molecule has 1 aliphatic carbocycles. The number of rotatable bonds is 4. The third-order valence-corrected chi connectivity index (χ3v) is 3.64. The molecule has 1 aromatic carbocycles. The lowest BCUT2D eigenvalue weighted by Crippen LogP contribution is -2.58. The average Bonchev–Trinajstić information content (AvgIpc) is 2.28. The topological polar surface area (TPSA) is 55.1 Å². The third kappa shape index (κ3) is 2.67. The predicted octanol–water partition coefficient (Wildman–Crippen LogP) is 1.54. The number of nitrogens with two attached hydrogens (primary N) is 1. The predicted molar refractivity (Wildman–Crippen MR) is 68.7 cm³/mol. The van der Waals surface area contributed by atoms with E-state index in [1.54, 1.807) is 0 Å². The van der Waals surface area contributed by atoms with Crippen LogP contribution in [0.1, 0.15) is 30.4 Å². The van der Waals surface area contributed by atoms with Crippen LogP contribution in [-0.2, 0) is 11.2 Å². The molecule has 0 unspecified atom stereocenters. The lowest BCUT2D eigenvalue weighted by atomic mass is 9.77. The number of carbonyl (C=O) groups excluding carboxylic acids is 1. The molecule has 17 heavy (non-hydrogen) atoms. The largest absolute Gasteiger partial charge is 0.354 e. The molecule has 1 saturated carbocycles. The molecule has 0 radical (unpaired) electrons. The molecule has 3 N–H and O–H groups in total. The first-order valence-electron chi connectivity index (χ1n) is 6.23. The highest BCUT2D eigenvalue weighted by atomic mass is 16.2. The van der Waals surface area contributed by atoms with E-state index in [0.29, 0.717) is 6.54 Å². The van der Waals surface area contributed by atoms with Crippen LogP contribution >= 0.6 is 0 Å². The Balaban J connectivity index is 1.80. The van der Waals surface area contributed by atoms with Crippen molar-refractivity contribution in [2.45, 2.75) is 38.1 Å². The zero-order chi connectivity index (χ0) is 12.3. The lowest BCUT2D eigenvalue weighted by molar-refractivity contribution is -0.129. The second-order valence-electron chi connectivity index (χ2n) is 4.94. The van der Waals surface area contributed by atoms with E-state index in [2.05, 4.69) is 24.4 Å². The van der Waals surface area contributed by atoms with Crippen molar-refractivity contribution in [1.29, 1.82) is 0 Å². The molecule has 0 spiro atoms. The Morgan fingerprint density at radius 1 is 1.41 bits per heavy atom. The summed E-state index contributed by atoms with van der Waals surface area (Å²) in [7, 11) is 0. The number of aryl methyl sites for hydroxylation is 1. The number of hydrogen-bond donors (Lipinski definition) is 2. The summed E-state index contributed by atoms with van der Waals surface area (Å²) in [6, 6.07) is 8.25. The Morgan fingerprint density at radius 2 is 2.12 bits per heavy atom. The summed E-state index contributed by atoms with van der Waals surface area (Å²) in [6.45, 7) is 2.76. The second-order valence-corrected chi connectivity index (χ2v) is 4.94. The highest BCUT2D eigenvalue weighted by Gasteiger charge is 2.39. The van der Waals surface area contributed by atoms with Gasteiger partial charge in [-0.2, -0.15) is 0 Å². The van der Waals surface area contributed by atoms with Crippen LogP contribution in [0.4, 0.5) is 0 Å². The van der Waals surface area contributed by atoms with Crippen molar-refractivity contribution in [3.8, 4) is 0 Å². The molecule has 3 nitrogen and oxygen atoms in total. The molecular weight excluding hydrogens is 212 g/mol. The molecule has 1 amide bonds. The second kappa shape index (κ2) is 4.88. The molecule has 3 heteroatoms. The summed E-state index contributed by atoms with van der Waals surface area (Å²) < 4.78 is 0. The third-order valence-electron chi connectivity index (χ3n) is 3.64. The van der Waals surface area contributed by atoms with Crippen molar-refractivity contribution < 1.29 is 4.79 Å². The minimum atomic E-state index is -0.578. The average molecular weight is 232 g/mol. The van der Waals surface area contributed by atoms with Crippen LogP contribution in [0, 0.1) is 6.92 Å². The van der Waals surface area contributed by atoms with Crippen molar-refractivity contribution in [3.63, 3.8) is 0 Å². The standard InChI is InChI=1S/C14H20N2O/c1-11-5-2-3-6-12(11)7-10-16-13(17)14(15)8-4-9-14/h2-3,5-6H,4,7-10,15H2,1H3,(H,16,17). The zero-order valence-corrected chi connectivity index (χ0v) is 10.3. The number of carbonyl (C=O) groups is 1. The van der Waals surface area contributed by atoms with Gasteiger partial charge in [0.15, 0.2) is 0 Å². The SMILES string of the molecule is Cc1ccccc1CCNC(=O)C1(N)CCC1. The summed E-state index contributed by atoms with van der Waals surface area (Å²) in [5.41, 5.74) is 7.92. The summed E-state index contributed by atoms with van der Waals surface area (Å²) >= 11 is 0. The Kier molecular flexibility index (Phi) is 3.48. The van der Waals surface area contributed by atoms with Crippen molar-refractivity contribution in [3.05, 3.63) is 35.4 Å². The van der Waals surface area contributed by atoms with Crippen LogP contribution in [0.15, 0.2) is 24.3 Å². The summed E-state index contributed by atoms with van der Waals surface area (Å²) in [5.74, 6) is 0.0114. The van der Waals surface area contributed by atoms with Crippen molar-refractivity contribution in [2.75, 3.05) is 6.54 Å². The van der Waals surface area contributed by atoms with Gasteiger partial charge in [0, 0.05) is 6.54 Å². The monoisotopic (exact) mass is 232 g/mol. The van der Waals surface area contributed by atoms with Gasteiger partial charge in [-0.15, -0.1) is 0 Å². The zero-order valence-electron chi connectivity index (χ0n) is 10.3. The molecule has 2 rings (SSSR count). The smallest absolute Gasteiger partial charge is 0.240 e. The van der Waals surface area contributed by atoms with Gasteiger partial charge in [-0.1, -0.05) is 24.3 Å². The summed E-state index contributed by atoms with van der Waals surface area (Å²) in [4.78, 5) is 11.8. The fourth-order valence-electron chi connectivity index (χ4n) is 2.16. The van der Waals surface area contributed by atoms with Crippen LogP contribution in [0.25, 0.3) is 0 Å². The quantitative estimate of drug-likeness (QED) is 0.827. The summed E-state index contributed by atoms with van der Waals surface area (Å²) in [6.07, 6.45) is 3.59. The molecule has 0 heterocycles. The molecule has 1 aromatic rings. The van der Waals surface area contributed by atoms with E-state index in [1.165, 1.54) is 11.1 Å². The maximum atomic E-state index is 11.8. The highest BCUT2D eigenvalue weighted by molar-refractivity contribution is 5.86. The van der Waals surface area contributed by atoms with Gasteiger partial charge < -0.3 is 11.1 Å². The molecule has 0 saturated heterocycles. The van der Waals surface area contributed by atoms with Crippen LogP contribution < -0.4 is 11.1 Å². The van der Waals surface area contributed by atoms with E-state index in [0.717, 1.165) is 25.7 Å². The first-order valence-corrected chi connectivity index (χ1v) is 6.23. The van der Waals surface area contributed by atoms with E-state index in [1.807, 2.05) is 12.1 Å². The lowest BCUT2D eigenvalue weighted by Gasteiger charge is -2.36. The first kappa shape index (κ1) is 12.1. The fourth-order valence-corrected chi connectivity index (χ4v) is 2.16. The minimum absolute atomic E-state index is 0.0114. The highest BCUT2D eigenvalue weighted by Crippen LogP contribution is 2.28. The number of benzene rings is 1. The molecule has 0 aliphatic heterocycles. The van der Waals surface area contributed by atoms with E-state index in [9.17, 15) is 4.79 Å². The van der Waals surface area contributed by atoms with Gasteiger partial charge in [0.25, 0.3) is 0 Å². The van der Waals surface area contributed by atoms with E-state index < -0.39 is 5.54 Å². The van der Waals surface area contributed by atoms with Gasteiger partial charge in [-0.05, 0) is 43.7 Å². The van der Waals surface area contributed by atoms with Crippen molar-refractivity contribution in [1.82, 2.24) is 5.32 Å². The van der Waals surface area contributed by atoms with E-state index in [-0.39, 0.29) is 5.91 Å². The Bertz CT molecular complexity index is 410. The van der Waals surface area contributed by atoms with Crippen LogP contribution in [0.3, 0.4) is 0 Å². The molecule has 0 atom stereocenters. The van der Waals surface area contributed by atoms with Gasteiger partial charge in [-0.25, -0.2) is 0 Å². The van der Waals surface area contributed by atoms with Gasteiger partial charge in [0.2, 0.25) is 5.91 Å². The molecule has 92 valence electrons. The van der Waals surface area contributed by atoms with Crippen LogP contribution in [0.5, 0.6) is 0 Å². The normalized spacial score (nSPS) is 17.3. The maximum absolute atomic E-state index is 11.8. The van der Waals surface area contributed by atoms with Gasteiger partial charge in [0.1, 0.15) is 0 Å². The Hall–Kier alpha value is -1.35. The van der Waals surface area contributed by atoms with Crippen molar-refractivity contribution in [2.24, 2.45) is 5.73 Å². The Labute approximate surface area is 102 Å². The first-order chi connectivity index (χ1) is 8.12. The van der Waals surface area contributed by atoms with Gasteiger partial charge in [-0.3, -0.25) is 4.79 Å². The molecule has 0 aromatic heterocycles. The minimum Gasteiger partial charge on any atom is -0.354 e. The van der Waals surface area contributed by atoms with E-state index in [4.69, 9.17) is 5.73 Å². The van der Waals surface area contributed by atoms with Crippen LogP contribution in [-0.4, -0.2) is 18.0 Å². The number of amides is 1. The molecule has 1 aliphatic rings. The summed E-state index contributed by atoms with van der Waals surface area (Å²) in [5, 5.41) is 2.94. The molecular formula is C14H20N2O.